The molecule has 0 radical (unpaired) electrons. The maximum atomic E-state index is 12.5. The first-order valence-corrected chi connectivity index (χ1v) is 8.77. The lowest BCUT2D eigenvalue weighted by Gasteiger charge is -2.35. The molecular formula is C16H22BrNO3S. The first-order valence-electron chi connectivity index (χ1n) is 6.82. The molecule has 2 atom stereocenters. The van der Waals surface area contributed by atoms with E-state index in [0.717, 1.165) is 4.47 Å². The molecule has 122 valence electrons. The largest absolute Gasteiger partial charge is 0.598 e. The Morgan fingerprint density at radius 3 is 2.23 bits per heavy atom. The Bertz CT molecular complexity index is 554. The summed E-state index contributed by atoms with van der Waals surface area (Å²) in [7, 11) is 0. The predicted molar refractivity (Wildman–Crippen MR) is 93.9 cm³/mol. The highest BCUT2D eigenvalue weighted by Crippen LogP contribution is 2.32. The van der Waals surface area contributed by atoms with Crippen molar-refractivity contribution in [3.63, 3.8) is 0 Å². The average Bonchev–Trinajstić information content (AvgIpc) is 2.36. The van der Waals surface area contributed by atoms with E-state index < -0.39 is 27.6 Å². The Kier molecular flexibility index (Phi) is 6.27. The van der Waals surface area contributed by atoms with Crippen LogP contribution in [0.2, 0.25) is 0 Å². The van der Waals surface area contributed by atoms with Gasteiger partial charge in [0.25, 0.3) is 0 Å². The van der Waals surface area contributed by atoms with Crippen molar-refractivity contribution >= 4 is 33.3 Å². The summed E-state index contributed by atoms with van der Waals surface area (Å²) < 4.78 is 15.6. The fourth-order valence-electron chi connectivity index (χ4n) is 1.94. The Balaban J connectivity index is 3.37. The lowest BCUT2D eigenvalue weighted by molar-refractivity contribution is -0.144. The Morgan fingerprint density at radius 1 is 1.36 bits per heavy atom. The molecular weight excluding hydrogens is 366 g/mol. The number of hydrogen-bond donors (Lipinski definition) is 2. The molecule has 0 saturated heterocycles. The molecule has 1 rings (SSSR count). The van der Waals surface area contributed by atoms with E-state index in [1.54, 1.807) is 52.0 Å². The number of nitrogens with one attached hydrogen (secondary N) is 1. The molecule has 2 unspecified atom stereocenters. The van der Waals surface area contributed by atoms with Gasteiger partial charge in [0.2, 0.25) is 0 Å². The average molecular weight is 388 g/mol. The van der Waals surface area contributed by atoms with Crippen LogP contribution in [0, 0.1) is 0 Å². The van der Waals surface area contributed by atoms with E-state index in [0.29, 0.717) is 11.1 Å². The van der Waals surface area contributed by atoms with Crippen molar-refractivity contribution in [2.75, 3.05) is 0 Å². The van der Waals surface area contributed by atoms with Gasteiger partial charge in [-0.2, -0.15) is 0 Å². The van der Waals surface area contributed by atoms with Gasteiger partial charge < -0.3 is 9.66 Å². The van der Waals surface area contributed by atoms with Crippen LogP contribution < -0.4 is 4.72 Å². The summed E-state index contributed by atoms with van der Waals surface area (Å²) in [5, 5.41) is 9.86. The quantitative estimate of drug-likeness (QED) is 0.575. The molecule has 0 bridgehead atoms. The number of carboxylic acid groups (broad SMARTS) is 1. The van der Waals surface area contributed by atoms with Gasteiger partial charge in [0.15, 0.2) is 5.54 Å². The summed E-state index contributed by atoms with van der Waals surface area (Å²) in [6, 6.07) is 6.97. The van der Waals surface area contributed by atoms with Gasteiger partial charge in [0.05, 0.1) is 0 Å². The number of carbonyl (C=O) groups is 1. The summed E-state index contributed by atoms with van der Waals surface area (Å²) in [5.41, 5.74) is -0.225. The molecule has 0 aliphatic carbocycles. The van der Waals surface area contributed by atoms with E-state index in [1.807, 2.05) is 0 Å². The van der Waals surface area contributed by atoms with E-state index in [-0.39, 0.29) is 6.42 Å². The Hall–Kier alpha value is -0.820. The van der Waals surface area contributed by atoms with Gasteiger partial charge in [-0.3, -0.25) is 0 Å². The van der Waals surface area contributed by atoms with Crippen molar-refractivity contribution in [2.45, 2.75) is 44.4 Å². The van der Waals surface area contributed by atoms with E-state index in [4.69, 9.17) is 0 Å². The van der Waals surface area contributed by atoms with Crippen molar-refractivity contribution in [2.24, 2.45) is 0 Å². The molecule has 1 aromatic rings. The van der Waals surface area contributed by atoms with Crippen LogP contribution in [0.1, 0.15) is 39.7 Å². The van der Waals surface area contributed by atoms with Crippen LogP contribution in [-0.4, -0.2) is 20.4 Å². The molecule has 2 N–H and O–H groups in total. The van der Waals surface area contributed by atoms with E-state index in [1.165, 1.54) is 0 Å². The molecule has 4 nitrogen and oxygen atoms in total. The highest BCUT2D eigenvalue weighted by Gasteiger charge is 2.46. The normalized spacial score (nSPS) is 15.9. The van der Waals surface area contributed by atoms with Crippen molar-refractivity contribution in [1.29, 1.82) is 0 Å². The maximum absolute atomic E-state index is 12.5. The second kappa shape index (κ2) is 7.17. The molecule has 22 heavy (non-hydrogen) atoms. The third-order valence-corrected chi connectivity index (χ3v) is 5.27. The number of carboxylic acids is 1. The van der Waals surface area contributed by atoms with Crippen LogP contribution in [0.15, 0.2) is 40.9 Å². The fourth-order valence-corrected chi connectivity index (χ4v) is 3.10. The second-order valence-electron chi connectivity index (χ2n) is 6.33. The molecule has 0 aliphatic heterocycles. The number of halogens is 1. The van der Waals surface area contributed by atoms with Gasteiger partial charge in [0, 0.05) is 22.3 Å². The van der Waals surface area contributed by atoms with Crippen LogP contribution >= 0.6 is 15.9 Å². The van der Waals surface area contributed by atoms with Gasteiger partial charge >= 0.3 is 5.97 Å². The number of aliphatic carboxylic acids is 1. The molecule has 1 aromatic carbocycles. The Morgan fingerprint density at radius 2 is 1.86 bits per heavy atom. The summed E-state index contributed by atoms with van der Waals surface area (Å²) in [4.78, 5) is 12.1. The summed E-state index contributed by atoms with van der Waals surface area (Å²) in [6.45, 7) is 11.0. The van der Waals surface area contributed by atoms with Gasteiger partial charge in [-0.15, -0.1) is 11.3 Å². The van der Waals surface area contributed by atoms with Gasteiger partial charge in [-0.05, 0) is 45.4 Å². The molecule has 0 heterocycles. The summed E-state index contributed by atoms with van der Waals surface area (Å²) in [5.74, 6) is -1.07. The highest BCUT2D eigenvalue weighted by molar-refractivity contribution is 9.10. The van der Waals surface area contributed by atoms with Gasteiger partial charge in [0.1, 0.15) is 4.75 Å². The number of hydrogen-bond acceptors (Lipinski definition) is 3. The van der Waals surface area contributed by atoms with E-state index in [9.17, 15) is 14.5 Å². The van der Waals surface area contributed by atoms with Crippen LogP contribution in [0.5, 0.6) is 0 Å². The Labute approximate surface area is 143 Å². The minimum atomic E-state index is -1.53. The molecule has 0 saturated carbocycles. The van der Waals surface area contributed by atoms with Crippen LogP contribution in [0.3, 0.4) is 0 Å². The standard InChI is InChI=1S/C16H22BrNO3S/c1-11(2)10-16(14(19)20,18-22(21)15(3,4)5)12-6-8-13(17)9-7-12/h6-9,18H,1,10H2,2-5H3,(H,19,20). The lowest BCUT2D eigenvalue weighted by Crippen LogP contribution is -2.55. The monoisotopic (exact) mass is 387 g/mol. The molecule has 0 fully saturated rings. The topological polar surface area (TPSA) is 72.4 Å². The summed E-state index contributed by atoms with van der Waals surface area (Å²) in [6.07, 6.45) is 0.159. The van der Waals surface area contributed by atoms with Crippen molar-refractivity contribution < 1.29 is 14.5 Å². The van der Waals surface area contributed by atoms with Crippen LogP contribution in [0.4, 0.5) is 0 Å². The zero-order valence-corrected chi connectivity index (χ0v) is 15.7. The molecule has 0 aliphatic rings. The smallest absolute Gasteiger partial charge is 0.333 e. The minimum Gasteiger partial charge on any atom is -0.598 e. The third-order valence-electron chi connectivity index (χ3n) is 3.09. The minimum absolute atomic E-state index is 0.159. The second-order valence-corrected chi connectivity index (χ2v) is 9.22. The molecule has 6 heteroatoms. The predicted octanol–water partition coefficient (Wildman–Crippen LogP) is 3.75. The van der Waals surface area contributed by atoms with Crippen molar-refractivity contribution in [1.82, 2.24) is 4.72 Å². The third kappa shape index (κ3) is 4.59. The molecule has 0 spiro atoms. The van der Waals surface area contributed by atoms with E-state index >= 15 is 0 Å². The number of benzene rings is 1. The molecule has 0 aromatic heterocycles. The zero-order valence-electron chi connectivity index (χ0n) is 13.3. The van der Waals surface area contributed by atoms with Gasteiger partial charge in [-0.25, -0.2) is 4.79 Å². The first-order chi connectivity index (χ1) is 9.99. The van der Waals surface area contributed by atoms with Crippen molar-refractivity contribution in [3.8, 4) is 0 Å². The highest BCUT2D eigenvalue weighted by atomic mass is 79.9. The van der Waals surface area contributed by atoms with Crippen LogP contribution in [-0.2, 0) is 21.7 Å². The van der Waals surface area contributed by atoms with Gasteiger partial charge in [-0.1, -0.05) is 33.6 Å². The number of rotatable bonds is 6. The van der Waals surface area contributed by atoms with Crippen molar-refractivity contribution in [3.05, 3.63) is 46.5 Å². The maximum Gasteiger partial charge on any atom is 0.333 e. The SMILES string of the molecule is C=C(C)CC(N[S+]([O-])C(C)(C)C)(C(=O)O)c1ccc(Br)cc1. The fraction of sp³-hybridized carbons (Fsp3) is 0.438. The molecule has 0 amide bonds. The van der Waals surface area contributed by atoms with Crippen LogP contribution in [0.25, 0.3) is 0 Å². The first kappa shape index (κ1) is 19.2. The summed E-state index contributed by atoms with van der Waals surface area (Å²) >= 11 is 1.80. The lowest BCUT2D eigenvalue weighted by atomic mass is 9.85. The zero-order chi connectivity index (χ0) is 17.1. The van der Waals surface area contributed by atoms with E-state index in [2.05, 4.69) is 27.2 Å².